The Hall–Kier alpha value is -3.31. The summed E-state index contributed by atoms with van der Waals surface area (Å²) >= 11 is 6.42. The second-order valence-corrected chi connectivity index (χ2v) is 9.13. The van der Waals surface area contributed by atoms with Crippen LogP contribution in [0.2, 0.25) is 5.02 Å². The molecule has 6 heteroatoms. The molecule has 0 spiro atoms. The summed E-state index contributed by atoms with van der Waals surface area (Å²) in [4.78, 5) is 28.3. The fourth-order valence-electron chi connectivity index (χ4n) is 3.83. The van der Waals surface area contributed by atoms with E-state index in [1.54, 1.807) is 11.0 Å². The number of ether oxygens (including phenoxy) is 1. The maximum atomic E-state index is 13.5. The smallest absolute Gasteiger partial charge is 0.261 e. The standard InChI is InChI=1S/C29H33ClN2O3/c1-4-31-29(34)27(18-22-10-6-5-7-11-22)32(19-24-12-8-9-13-26(24)30)28(33)20-35-25-16-14-23(15-17-25)21(2)3/h5-17,21,27H,4,18-20H2,1-3H3,(H,31,34). The zero-order chi connectivity index (χ0) is 25.2. The molecule has 0 saturated heterocycles. The highest BCUT2D eigenvalue weighted by molar-refractivity contribution is 6.31. The molecule has 0 fully saturated rings. The molecule has 1 atom stereocenters. The number of benzene rings is 3. The van der Waals surface area contributed by atoms with Gasteiger partial charge in [0, 0.05) is 24.5 Å². The highest BCUT2D eigenvalue weighted by atomic mass is 35.5. The molecule has 3 aromatic rings. The number of amides is 2. The Kier molecular flexibility index (Phi) is 9.74. The summed E-state index contributed by atoms with van der Waals surface area (Å²) < 4.78 is 5.84. The first-order chi connectivity index (χ1) is 16.9. The van der Waals surface area contributed by atoms with Crippen LogP contribution in [0.25, 0.3) is 0 Å². The Balaban J connectivity index is 1.87. The SMILES string of the molecule is CCNC(=O)C(Cc1ccccc1)N(Cc1ccccc1Cl)C(=O)COc1ccc(C(C)C)cc1. The van der Waals surface area contributed by atoms with Crippen molar-refractivity contribution in [2.45, 2.75) is 45.7 Å². The van der Waals surface area contributed by atoms with E-state index >= 15 is 0 Å². The Bertz CT molecular complexity index is 1100. The molecule has 0 aliphatic carbocycles. The van der Waals surface area contributed by atoms with E-state index in [9.17, 15) is 9.59 Å². The van der Waals surface area contributed by atoms with Crippen LogP contribution in [0.5, 0.6) is 5.75 Å². The van der Waals surface area contributed by atoms with E-state index in [1.807, 2.05) is 79.7 Å². The Labute approximate surface area is 213 Å². The maximum absolute atomic E-state index is 13.5. The van der Waals surface area contributed by atoms with Gasteiger partial charge in [-0.15, -0.1) is 0 Å². The van der Waals surface area contributed by atoms with Crippen molar-refractivity contribution in [3.8, 4) is 5.75 Å². The molecule has 1 unspecified atom stereocenters. The number of hydrogen-bond donors (Lipinski definition) is 1. The van der Waals surface area contributed by atoms with Gasteiger partial charge in [0.25, 0.3) is 5.91 Å². The summed E-state index contributed by atoms with van der Waals surface area (Å²) in [5.41, 5.74) is 2.93. The Morgan fingerprint density at radius 3 is 2.23 bits per heavy atom. The zero-order valence-electron chi connectivity index (χ0n) is 20.5. The predicted octanol–water partition coefficient (Wildman–Crippen LogP) is 5.62. The van der Waals surface area contributed by atoms with Crippen molar-refractivity contribution < 1.29 is 14.3 Å². The molecule has 0 heterocycles. The van der Waals surface area contributed by atoms with Crippen LogP contribution in [0, 0.1) is 0 Å². The van der Waals surface area contributed by atoms with Crippen LogP contribution in [-0.4, -0.2) is 35.9 Å². The average Bonchev–Trinajstić information content (AvgIpc) is 2.86. The van der Waals surface area contributed by atoms with Gasteiger partial charge in [0.15, 0.2) is 6.61 Å². The van der Waals surface area contributed by atoms with E-state index < -0.39 is 6.04 Å². The largest absolute Gasteiger partial charge is 0.484 e. The van der Waals surface area contributed by atoms with Gasteiger partial charge in [-0.2, -0.15) is 0 Å². The fraction of sp³-hybridized carbons (Fsp3) is 0.310. The molecule has 0 saturated carbocycles. The molecule has 5 nitrogen and oxygen atoms in total. The normalized spacial score (nSPS) is 11.7. The van der Waals surface area contributed by atoms with Crippen molar-refractivity contribution >= 4 is 23.4 Å². The lowest BCUT2D eigenvalue weighted by Gasteiger charge is -2.31. The molecular formula is C29H33ClN2O3. The van der Waals surface area contributed by atoms with E-state index in [2.05, 4.69) is 19.2 Å². The van der Waals surface area contributed by atoms with Crippen molar-refractivity contribution in [2.24, 2.45) is 0 Å². The summed E-state index contributed by atoms with van der Waals surface area (Å²) in [5, 5.41) is 3.43. The number of carbonyl (C=O) groups excluding carboxylic acids is 2. The van der Waals surface area contributed by atoms with Gasteiger partial charge in [0.2, 0.25) is 5.91 Å². The van der Waals surface area contributed by atoms with Crippen molar-refractivity contribution in [1.29, 1.82) is 0 Å². The quantitative estimate of drug-likeness (QED) is 0.378. The van der Waals surface area contributed by atoms with Gasteiger partial charge in [0.05, 0.1) is 0 Å². The minimum Gasteiger partial charge on any atom is -0.484 e. The molecule has 3 aromatic carbocycles. The molecule has 0 bridgehead atoms. The maximum Gasteiger partial charge on any atom is 0.261 e. The monoisotopic (exact) mass is 492 g/mol. The topological polar surface area (TPSA) is 58.6 Å². The zero-order valence-corrected chi connectivity index (χ0v) is 21.3. The van der Waals surface area contributed by atoms with Gasteiger partial charge in [0.1, 0.15) is 11.8 Å². The van der Waals surface area contributed by atoms with Gasteiger partial charge in [-0.25, -0.2) is 0 Å². The van der Waals surface area contributed by atoms with Crippen molar-refractivity contribution in [2.75, 3.05) is 13.2 Å². The lowest BCUT2D eigenvalue weighted by Crippen LogP contribution is -2.51. The van der Waals surface area contributed by atoms with Crippen LogP contribution in [0.15, 0.2) is 78.9 Å². The van der Waals surface area contributed by atoms with E-state index in [4.69, 9.17) is 16.3 Å². The Morgan fingerprint density at radius 2 is 1.60 bits per heavy atom. The number of hydrogen-bond acceptors (Lipinski definition) is 3. The number of likely N-dealkylation sites (N-methyl/N-ethyl adjacent to an activating group) is 1. The summed E-state index contributed by atoms with van der Waals surface area (Å²) in [6.07, 6.45) is 0.381. The molecule has 2 amide bonds. The highest BCUT2D eigenvalue weighted by Gasteiger charge is 2.30. The molecule has 35 heavy (non-hydrogen) atoms. The van der Waals surface area contributed by atoms with E-state index in [-0.39, 0.29) is 25.0 Å². The molecular weight excluding hydrogens is 460 g/mol. The van der Waals surface area contributed by atoms with Crippen molar-refractivity contribution in [3.63, 3.8) is 0 Å². The van der Waals surface area contributed by atoms with E-state index in [0.717, 1.165) is 11.1 Å². The lowest BCUT2D eigenvalue weighted by molar-refractivity contribution is -0.142. The minimum atomic E-state index is -0.715. The molecule has 1 N–H and O–H groups in total. The van der Waals surface area contributed by atoms with Gasteiger partial charge >= 0.3 is 0 Å². The van der Waals surface area contributed by atoms with Gasteiger partial charge < -0.3 is 15.0 Å². The van der Waals surface area contributed by atoms with Crippen LogP contribution in [0.4, 0.5) is 0 Å². The molecule has 0 radical (unpaired) electrons. The van der Waals surface area contributed by atoms with Crippen LogP contribution < -0.4 is 10.1 Å². The second kappa shape index (κ2) is 13.0. The number of halogens is 1. The number of carbonyl (C=O) groups is 2. The van der Waals surface area contributed by atoms with Crippen molar-refractivity contribution in [3.05, 3.63) is 101 Å². The summed E-state index contributed by atoms with van der Waals surface area (Å²) in [6, 6.07) is 24.1. The number of rotatable bonds is 11. The lowest BCUT2D eigenvalue weighted by atomic mass is 10.0. The van der Waals surface area contributed by atoms with Crippen LogP contribution in [-0.2, 0) is 22.6 Å². The molecule has 3 rings (SSSR count). The summed E-state index contributed by atoms with van der Waals surface area (Å²) in [7, 11) is 0. The molecule has 0 aliphatic rings. The third-order valence-electron chi connectivity index (χ3n) is 5.83. The molecule has 0 aromatic heterocycles. The number of nitrogens with one attached hydrogen (secondary N) is 1. The van der Waals surface area contributed by atoms with Crippen LogP contribution >= 0.6 is 11.6 Å². The highest BCUT2D eigenvalue weighted by Crippen LogP contribution is 2.22. The fourth-order valence-corrected chi connectivity index (χ4v) is 4.03. The summed E-state index contributed by atoms with van der Waals surface area (Å²) in [5.74, 6) is 0.522. The predicted molar refractivity (Wildman–Crippen MR) is 141 cm³/mol. The third-order valence-corrected chi connectivity index (χ3v) is 6.20. The second-order valence-electron chi connectivity index (χ2n) is 8.73. The van der Waals surface area contributed by atoms with Gasteiger partial charge in [-0.1, -0.05) is 86.1 Å². The van der Waals surface area contributed by atoms with Gasteiger partial charge in [-0.3, -0.25) is 9.59 Å². The van der Waals surface area contributed by atoms with E-state index in [0.29, 0.717) is 29.7 Å². The number of nitrogens with zero attached hydrogens (tertiary/aromatic N) is 1. The first-order valence-electron chi connectivity index (χ1n) is 12.0. The third kappa shape index (κ3) is 7.59. The minimum absolute atomic E-state index is 0.184. The average molecular weight is 493 g/mol. The summed E-state index contributed by atoms with van der Waals surface area (Å²) in [6.45, 7) is 6.60. The first kappa shape index (κ1) is 26.3. The van der Waals surface area contributed by atoms with E-state index in [1.165, 1.54) is 5.56 Å². The van der Waals surface area contributed by atoms with Gasteiger partial charge in [-0.05, 0) is 47.7 Å². The Morgan fingerprint density at radius 1 is 0.943 bits per heavy atom. The first-order valence-corrected chi connectivity index (χ1v) is 12.3. The molecule has 0 aliphatic heterocycles. The van der Waals surface area contributed by atoms with Crippen LogP contribution in [0.3, 0.4) is 0 Å². The molecule has 184 valence electrons. The van der Waals surface area contributed by atoms with Crippen molar-refractivity contribution in [1.82, 2.24) is 10.2 Å². The van der Waals surface area contributed by atoms with Crippen LogP contribution in [0.1, 0.15) is 43.4 Å².